The third kappa shape index (κ3) is 4.22. The van der Waals surface area contributed by atoms with E-state index < -0.39 is 23.6 Å². The second kappa shape index (κ2) is 9.27. The van der Waals surface area contributed by atoms with Crippen molar-refractivity contribution < 1.29 is 28.3 Å². The van der Waals surface area contributed by atoms with E-state index in [4.69, 9.17) is 13.6 Å². The molecule has 1 aliphatic carbocycles. The Kier molecular flexibility index (Phi) is 5.76. The highest BCUT2D eigenvalue weighted by molar-refractivity contribution is 6.03. The Bertz CT molecular complexity index is 1610. The predicted molar refractivity (Wildman–Crippen MR) is 143 cm³/mol. The van der Waals surface area contributed by atoms with Crippen LogP contribution in [0, 0.1) is 0 Å². The first-order valence-corrected chi connectivity index (χ1v) is 12.4. The number of nitrogens with one attached hydrogen (secondary N) is 1. The van der Waals surface area contributed by atoms with Gasteiger partial charge >= 0.3 is 12.1 Å². The number of amides is 1. The number of hydrogen-bond acceptors (Lipinski definition) is 5. The van der Waals surface area contributed by atoms with Crippen molar-refractivity contribution >= 4 is 28.9 Å². The minimum Gasteiger partial charge on any atom is -0.481 e. The van der Waals surface area contributed by atoms with Crippen LogP contribution < -0.4 is 5.32 Å². The van der Waals surface area contributed by atoms with Crippen LogP contribution in [0.5, 0.6) is 0 Å². The van der Waals surface area contributed by atoms with Gasteiger partial charge in [-0.3, -0.25) is 10.1 Å². The van der Waals surface area contributed by atoms with Crippen LogP contribution in [-0.4, -0.2) is 17.2 Å². The zero-order valence-electron chi connectivity index (χ0n) is 20.6. The number of carboxylic acids is 1. The summed E-state index contributed by atoms with van der Waals surface area (Å²) in [6, 6.07) is 26.7. The van der Waals surface area contributed by atoms with Gasteiger partial charge in [-0.2, -0.15) is 0 Å². The molecule has 7 nitrogen and oxygen atoms in total. The van der Waals surface area contributed by atoms with E-state index in [0.717, 1.165) is 27.8 Å². The van der Waals surface area contributed by atoms with Crippen molar-refractivity contribution in [3.63, 3.8) is 0 Å². The van der Waals surface area contributed by atoms with Crippen molar-refractivity contribution in [2.24, 2.45) is 0 Å². The van der Waals surface area contributed by atoms with Crippen LogP contribution in [-0.2, 0) is 14.9 Å². The van der Waals surface area contributed by atoms with Crippen LogP contribution in [0.3, 0.4) is 0 Å². The smallest absolute Gasteiger partial charge is 0.412 e. The van der Waals surface area contributed by atoms with Crippen molar-refractivity contribution in [2.45, 2.75) is 31.3 Å². The van der Waals surface area contributed by atoms with Crippen LogP contribution in [0.25, 0.3) is 33.6 Å². The van der Waals surface area contributed by atoms with Gasteiger partial charge in [-0.1, -0.05) is 78.9 Å². The molecule has 0 spiro atoms. The van der Waals surface area contributed by atoms with Gasteiger partial charge in [0.2, 0.25) is 0 Å². The molecule has 1 atom stereocenters. The Labute approximate surface area is 218 Å². The van der Waals surface area contributed by atoms with Gasteiger partial charge in [-0.15, -0.1) is 0 Å². The van der Waals surface area contributed by atoms with Crippen molar-refractivity contribution in [3.8, 4) is 22.5 Å². The Balaban J connectivity index is 1.23. The highest BCUT2D eigenvalue weighted by Gasteiger charge is 2.51. The molecule has 38 heavy (non-hydrogen) atoms. The summed E-state index contributed by atoms with van der Waals surface area (Å²) in [5.74, 6) is 0.00259. The summed E-state index contributed by atoms with van der Waals surface area (Å²) in [6.45, 7) is 1.82. The maximum absolute atomic E-state index is 12.8. The van der Waals surface area contributed by atoms with Gasteiger partial charge < -0.3 is 18.7 Å². The number of anilines is 1. The number of carbonyl (C=O) groups excluding carboxylic acids is 1. The molecule has 7 heteroatoms. The number of fused-ring (bicyclic) bond motifs is 1. The Morgan fingerprint density at radius 3 is 2.16 bits per heavy atom. The predicted octanol–water partition coefficient (Wildman–Crippen LogP) is 7.79. The van der Waals surface area contributed by atoms with Crippen molar-refractivity contribution in [2.75, 3.05) is 5.32 Å². The molecule has 190 valence electrons. The molecule has 2 aromatic heterocycles. The molecule has 2 heterocycles. The summed E-state index contributed by atoms with van der Waals surface area (Å²) in [5.41, 5.74) is 4.19. The third-order valence-electron chi connectivity index (χ3n) is 7.18. The first-order valence-electron chi connectivity index (χ1n) is 12.4. The lowest BCUT2D eigenvalue weighted by molar-refractivity contribution is -0.140. The van der Waals surface area contributed by atoms with Gasteiger partial charge in [0.15, 0.2) is 5.76 Å². The topological polar surface area (TPSA) is 102 Å². The third-order valence-corrected chi connectivity index (χ3v) is 7.18. The average molecular weight is 508 g/mol. The summed E-state index contributed by atoms with van der Waals surface area (Å²) in [7, 11) is 0. The summed E-state index contributed by atoms with van der Waals surface area (Å²) in [5, 5.41) is 13.0. The lowest BCUT2D eigenvalue weighted by atomic mass is 9.93. The maximum atomic E-state index is 12.8. The number of ether oxygens (including phenoxy) is 1. The van der Waals surface area contributed by atoms with E-state index in [1.165, 1.54) is 6.26 Å². The lowest BCUT2D eigenvalue weighted by Gasteiger charge is -2.14. The summed E-state index contributed by atoms with van der Waals surface area (Å²) in [6.07, 6.45) is 1.83. The van der Waals surface area contributed by atoms with Gasteiger partial charge in [-0.05, 0) is 48.1 Å². The molecule has 2 N–H and O–H groups in total. The summed E-state index contributed by atoms with van der Waals surface area (Å²) >= 11 is 0. The van der Waals surface area contributed by atoms with Gasteiger partial charge in [0, 0.05) is 5.56 Å². The number of benzene rings is 3. The Hall–Kier alpha value is -4.78. The minimum atomic E-state index is -0.762. The van der Waals surface area contributed by atoms with E-state index in [9.17, 15) is 14.7 Å². The standard InChI is InChI=1S/C31H25NO6/c1-19(20-5-3-2-4-6-20)37-30(35)32-26-25-15-18-36-28(25)38-27(26)23-9-7-21(8-10-23)22-11-13-24(14-12-22)31(16-17-31)29(33)34/h2-15,18-19H,16-17H2,1H3,(H,32,35)(H,33,34). The zero-order valence-corrected chi connectivity index (χ0v) is 20.6. The highest BCUT2D eigenvalue weighted by atomic mass is 16.6. The van der Waals surface area contributed by atoms with E-state index in [2.05, 4.69) is 5.32 Å². The van der Waals surface area contributed by atoms with E-state index in [0.29, 0.717) is 35.5 Å². The van der Waals surface area contributed by atoms with Crippen LogP contribution in [0.4, 0.5) is 10.5 Å². The van der Waals surface area contributed by atoms with E-state index in [1.807, 2.05) is 85.8 Å². The first-order chi connectivity index (χ1) is 18.4. The minimum absolute atomic E-state index is 0.304. The largest absolute Gasteiger partial charge is 0.481 e. The number of aliphatic carboxylic acids is 1. The molecule has 1 fully saturated rings. The van der Waals surface area contributed by atoms with Gasteiger partial charge in [0.05, 0.1) is 17.1 Å². The summed E-state index contributed by atoms with van der Waals surface area (Å²) in [4.78, 5) is 24.4. The molecule has 0 radical (unpaired) electrons. The fraction of sp³-hybridized carbons (Fsp3) is 0.161. The lowest BCUT2D eigenvalue weighted by Crippen LogP contribution is -2.19. The molecular formula is C31H25NO6. The fourth-order valence-corrected chi connectivity index (χ4v) is 4.78. The van der Waals surface area contributed by atoms with Gasteiger partial charge in [-0.25, -0.2) is 4.79 Å². The number of rotatable bonds is 7. The van der Waals surface area contributed by atoms with Crippen LogP contribution in [0.2, 0.25) is 0 Å². The Morgan fingerprint density at radius 2 is 1.53 bits per heavy atom. The average Bonchev–Trinajstić information content (AvgIpc) is 3.52. The van der Waals surface area contributed by atoms with Crippen molar-refractivity contribution in [3.05, 3.63) is 102 Å². The quantitative estimate of drug-likeness (QED) is 0.233. The SMILES string of the molecule is CC(OC(=O)Nc1c(-c2ccc(-c3ccc(C4(C(=O)O)CC4)cc3)cc2)oc2occc12)c1ccccc1. The van der Waals surface area contributed by atoms with Crippen molar-refractivity contribution in [1.29, 1.82) is 0 Å². The van der Waals surface area contributed by atoms with Crippen LogP contribution in [0.1, 0.15) is 37.0 Å². The number of hydrogen-bond donors (Lipinski definition) is 2. The number of furan rings is 2. The fourth-order valence-electron chi connectivity index (χ4n) is 4.78. The molecule has 1 saturated carbocycles. The molecule has 6 rings (SSSR count). The van der Waals surface area contributed by atoms with E-state index >= 15 is 0 Å². The second-order valence-electron chi connectivity index (χ2n) is 9.55. The number of carboxylic acid groups (broad SMARTS) is 1. The zero-order chi connectivity index (χ0) is 26.3. The molecule has 1 aliphatic rings. The van der Waals surface area contributed by atoms with Gasteiger partial charge in [0.1, 0.15) is 11.8 Å². The van der Waals surface area contributed by atoms with Crippen LogP contribution in [0.15, 0.2) is 100 Å². The normalized spacial score (nSPS) is 14.7. The monoisotopic (exact) mass is 507 g/mol. The van der Waals surface area contributed by atoms with Crippen molar-refractivity contribution in [1.82, 2.24) is 0 Å². The second-order valence-corrected chi connectivity index (χ2v) is 9.55. The maximum Gasteiger partial charge on any atom is 0.412 e. The Morgan fingerprint density at radius 1 is 0.895 bits per heavy atom. The molecule has 0 bridgehead atoms. The van der Waals surface area contributed by atoms with E-state index in [-0.39, 0.29) is 0 Å². The molecule has 0 saturated heterocycles. The summed E-state index contributed by atoms with van der Waals surface area (Å²) < 4.78 is 17.0. The molecule has 1 unspecified atom stereocenters. The van der Waals surface area contributed by atoms with Crippen LogP contribution >= 0.6 is 0 Å². The highest BCUT2D eigenvalue weighted by Crippen LogP contribution is 2.48. The molecule has 5 aromatic rings. The molecule has 1 amide bonds. The molecular weight excluding hydrogens is 482 g/mol. The molecule has 3 aromatic carbocycles. The molecule has 0 aliphatic heterocycles. The van der Waals surface area contributed by atoms with Gasteiger partial charge in [0.25, 0.3) is 5.78 Å². The number of carbonyl (C=O) groups is 2. The van der Waals surface area contributed by atoms with E-state index in [1.54, 1.807) is 6.07 Å². The first kappa shape index (κ1) is 23.6.